The number of carbonyl (C=O) groups is 1. The summed E-state index contributed by atoms with van der Waals surface area (Å²) in [5.41, 5.74) is 5.29. The number of nitrogens with zero attached hydrogens (tertiary/aromatic N) is 3. The van der Waals surface area contributed by atoms with Crippen molar-refractivity contribution >= 4 is 39.2 Å². The van der Waals surface area contributed by atoms with Crippen molar-refractivity contribution in [2.75, 3.05) is 30.9 Å². The van der Waals surface area contributed by atoms with Gasteiger partial charge in [-0.3, -0.25) is 5.32 Å². The summed E-state index contributed by atoms with van der Waals surface area (Å²) in [6.07, 6.45) is 3.10. The highest BCUT2D eigenvalue weighted by Crippen LogP contribution is 2.33. The molecule has 0 fully saturated rings. The van der Waals surface area contributed by atoms with Gasteiger partial charge in [-0.15, -0.1) is 11.3 Å². The number of ether oxygens (including phenoxy) is 1. The average Bonchev–Trinajstić information content (AvgIpc) is 3.23. The third kappa shape index (κ3) is 5.06. The zero-order chi connectivity index (χ0) is 22.5. The Kier molecular flexibility index (Phi) is 6.66. The lowest BCUT2D eigenvalue weighted by Gasteiger charge is -2.11. The van der Waals surface area contributed by atoms with E-state index < -0.39 is 6.09 Å². The van der Waals surface area contributed by atoms with Gasteiger partial charge in [0.25, 0.3) is 0 Å². The highest BCUT2D eigenvalue weighted by atomic mass is 32.1. The zero-order valence-corrected chi connectivity index (χ0v) is 19.3. The molecule has 0 saturated heterocycles. The van der Waals surface area contributed by atoms with Crippen molar-refractivity contribution in [3.63, 3.8) is 0 Å². The van der Waals surface area contributed by atoms with Crippen LogP contribution in [0.25, 0.3) is 31.9 Å². The molecule has 1 N–H and O–H groups in total. The Morgan fingerprint density at radius 2 is 1.78 bits per heavy atom. The predicted octanol–water partition coefficient (Wildman–Crippen LogP) is 6.44. The van der Waals surface area contributed by atoms with Gasteiger partial charge < -0.3 is 9.64 Å². The molecular formula is C25H26N4O2S. The Morgan fingerprint density at radius 1 is 1.03 bits per heavy atom. The van der Waals surface area contributed by atoms with Crippen molar-refractivity contribution < 1.29 is 9.53 Å². The minimum atomic E-state index is -0.475. The smallest absolute Gasteiger partial charge is 0.412 e. The van der Waals surface area contributed by atoms with E-state index in [9.17, 15) is 4.79 Å². The maximum absolute atomic E-state index is 11.8. The topological polar surface area (TPSA) is 67.3 Å². The van der Waals surface area contributed by atoms with Crippen LogP contribution >= 0.6 is 11.3 Å². The number of amides is 1. The Hall–Kier alpha value is -3.45. The molecule has 4 rings (SSSR count). The number of rotatable bonds is 7. The predicted molar refractivity (Wildman–Crippen MR) is 132 cm³/mol. The van der Waals surface area contributed by atoms with Crippen molar-refractivity contribution in [2.24, 2.45) is 0 Å². The molecular weight excluding hydrogens is 420 g/mol. The third-order valence-electron chi connectivity index (χ3n) is 5.08. The lowest BCUT2D eigenvalue weighted by Crippen LogP contribution is -2.15. The molecule has 32 heavy (non-hydrogen) atoms. The number of carbonyl (C=O) groups excluding carboxylic acids is 1. The molecule has 164 valence electrons. The number of aromatic nitrogens is 2. The number of nitrogens with one attached hydrogen (secondary N) is 1. The lowest BCUT2D eigenvalue weighted by molar-refractivity contribution is 0.160. The zero-order valence-electron chi connectivity index (χ0n) is 18.5. The summed E-state index contributed by atoms with van der Waals surface area (Å²) in [5, 5.41) is 3.65. The van der Waals surface area contributed by atoms with Gasteiger partial charge in [0.2, 0.25) is 0 Å². The number of hydrogen-bond donors (Lipinski definition) is 1. The van der Waals surface area contributed by atoms with E-state index in [-0.39, 0.29) is 0 Å². The average molecular weight is 447 g/mol. The van der Waals surface area contributed by atoms with Gasteiger partial charge in [-0.25, -0.2) is 14.8 Å². The fourth-order valence-corrected chi connectivity index (χ4v) is 4.21. The van der Waals surface area contributed by atoms with Crippen molar-refractivity contribution in [3.8, 4) is 21.7 Å². The first kappa shape index (κ1) is 21.8. The molecule has 2 heterocycles. The van der Waals surface area contributed by atoms with Crippen molar-refractivity contribution in [1.29, 1.82) is 0 Å². The molecule has 0 atom stereocenters. The minimum absolute atomic E-state index is 0.415. The second kappa shape index (κ2) is 9.78. The summed E-state index contributed by atoms with van der Waals surface area (Å²) in [6.45, 7) is 2.46. The van der Waals surface area contributed by atoms with Crippen molar-refractivity contribution in [1.82, 2.24) is 9.97 Å². The van der Waals surface area contributed by atoms with Gasteiger partial charge in [0.05, 0.1) is 16.8 Å². The van der Waals surface area contributed by atoms with Crippen LogP contribution in [0.1, 0.15) is 19.8 Å². The van der Waals surface area contributed by atoms with Crippen molar-refractivity contribution in [2.45, 2.75) is 19.8 Å². The van der Waals surface area contributed by atoms with Gasteiger partial charge in [-0.1, -0.05) is 37.6 Å². The van der Waals surface area contributed by atoms with E-state index in [1.807, 2.05) is 27.1 Å². The van der Waals surface area contributed by atoms with Gasteiger partial charge in [0.1, 0.15) is 10.8 Å². The summed E-state index contributed by atoms with van der Waals surface area (Å²) < 4.78 is 6.28. The van der Waals surface area contributed by atoms with Gasteiger partial charge in [0, 0.05) is 37.1 Å². The molecule has 0 spiro atoms. The highest BCUT2D eigenvalue weighted by molar-refractivity contribution is 7.21. The first-order valence-electron chi connectivity index (χ1n) is 10.6. The number of hydrogen-bond acceptors (Lipinski definition) is 6. The van der Waals surface area contributed by atoms with Gasteiger partial charge in [-0.05, 0) is 42.3 Å². The van der Waals surface area contributed by atoms with Crippen LogP contribution in [0.5, 0.6) is 0 Å². The normalized spacial score (nSPS) is 10.8. The monoisotopic (exact) mass is 446 g/mol. The van der Waals surface area contributed by atoms with Crippen LogP contribution in [-0.2, 0) is 4.74 Å². The van der Waals surface area contributed by atoms with E-state index in [0.29, 0.717) is 12.4 Å². The maximum Gasteiger partial charge on any atom is 0.412 e. The van der Waals surface area contributed by atoms with E-state index >= 15 is 0 Å². The molecule has 1 amide bonds. The Morgan fingerprint density at radius 3 is 2.47 bits per heavy atom. The quantitative estimate of drug-likeness (QED) is 0.331. The molecule has 0 aliphatic rings. The number of thiazole rings is 1. The van der Waals surface area contributed by atoms with Crippen molar-refractivity contribution in [3.05, 3.63) is 60.8 Å². The Balaban J connectivity index is 1.45. The molecule has 2 aromatic heterocycles. The van der Waals surface area contributed by atoms with Crippen LogP contribution in [0.15, 0.2) is 60.8 Å². The van der Waals surface area contributed by atoms with Crippen LogP contribution in [0.2, 0.25) is 0 Å². The van der Waals surface area contributed by atoms with Gasteiger partial charge in [-0.2, -0.15) is 0 Å². The highest BCUT2D eigenvalue weighted by Gasteiger charge is 2.09. The number of benzene rings is 2. The van der Waals surface area contributed by atoms with E-state index in [0.717, 1.165) is 40.1 Å². The number of pyridine rings is 1. The first-order valence-corrected chi connectivity index (χ1v) is 11.4. The standard InChI is InChI=1S/C25H26N4O2S/c1-4-5-14-31-25(30)28-23-13-10-19(16-26-23)17-6-8-18(9-7-17)24-27-21-12-11-20(29(2)3)15-22(21)32-24/h6-13,15-16H,4-5,14H2,1-3H3,(H,26,28,30). The molecule has 6 nitrogen and oxygen atoms in total. The summed E-state index contributed by atoms with van der Waals surface area (Å²) in [5.74, 6) is 0.471. The molecule has 0 saturated carbocycles. The van der Waals surface area contributed by atoms with Crippen LogP contribution in [0, 0.1) is 0 Å². The minimum Gasteiger partial charge on any atom is -0.449 e. The van der Waals surface area contributed by atoms with E-state index in [4.69, 9.17) is 9.72 Å². The van der Waals surface area contributed by atoms with E-state index in [2.05, 4.69) is 57.7 Å². The third-order valence-corrected chi connectivity index (χ3v) is 6.15. The van der Waals surface area contributed by atoms with E-state index in [1.165, 1.54) is 10.4 Å². The molecule has 7 heteroatoms. The summed E-state index contributed by atoms with van der Waals surface area (Å²) in [4.78, 5) is 23.0. The second-order valence-electron chi connectivity index (χ2n) is 7.69. The molecule has 0 aliphatic carbocycles. The largest absolute Gasteiger partial charge is 0.449 e. The fourth-order valence-electron chi connectivity index (χ4n) is 3.21. The van der Waals surface area contributed by atoms with Crippen LogP contribution < -0.4 is 10.2 Å². The molecule has 0 aliphatic heterocycles. The molecule has 0 bridgehead atoms. The number of fused-ring (bicyclic) bond motifs is 1. The van der Waals surface area contributed by atoms with Crippen LogP contribution in [0.4, 0.5) is 16.3 Å². The fraction of sp³-hybridized carbons (Fsp3) is 0.240. The summed E-state index contributed by atoms with van der Waals surface area (Å²) in [6, 6.07) is 18.3. The lowest BCUT2D eigenvalue weighted by atomic mass is 10.1. The van der Waals surface area contributed by atoms with E-state index in [1.54, 1.807) is 23.6 Å². The summed E-state index contributed by atoms with van der Waals surface area (Å²) >= 11 is 1.70. The molecule has 2 aromatic carbocycles. The maximum atomic E-state index is 11.8. The Labute approximate surface area is 191 Å². The summed E-state index contributed by atoms with van der Waals surface area (Å²) in [7, 11) is 4.08. The molecule has 4 aromatic rings. The van der Waals surface area contributed by atoms with Crippen LogP contribution in [-0.4, -0.2) is 36.8 Å². The van der Waals surface area contributed by atoms with Gasteiger partial charge in [0.15, 0.2) is 0 Å². The Bertz CT molecular complexity index is 1200. The number of unbranched alkanes of at least 4 members (excludes halogenated alkanes) is 1. The van der Waals surface area contributed by atoms with Gasteiger partial charge >= 0.3 is 6.09 Å². The first-order chi connectivity index (χ1) is 15.5. The molecule has 0 radical (unpaired) electrons. The number of anilines is 2. The SMILES string of the molecule is CCCCOC(=O)Nc1ccc(-c2ccc(-c3nc4ccc(N(C)C)cc4s3)cc2)cn1. The van der Waals surface area contributed by atoms with Crippen LogP contribution in [0.3, 0.4) is 0 Å². The second-order valence-corrected chi connectivity index (χ2v) is 8.72. The molecule has 0 unspecified atom stereocenters.